The van der Waals surface area contributed by atoms with E-state index in [0.717, 1.165) is 50.2 Å². The molecule has 148 valence electrons. The Labute approximate surface area is 164 Å². The van der Waals surface area contributed by atoms with Crippen molar-refractivity contribution in [3.63, 3.8) is 0 Å². The molecule has 2 amide bonds. The van der Waals surface area contributed by atoms with Crippen molar-refractivity contribution in [1.29, 1.82) is 0 Å². The van der Waals surface area contributed by atoms with Crippen LogP contribution in [0.2, 0.25) is 0 Å². The zero-order valence-corrected chi connectivity index (χ0v) is 16.1. The molecule has 28 heavy (non-hydrogen) atoms. The molecular formula is C20H26N6O2. The molecule has 1 aromatic carbocycles. The Morgan fingerprint density at radius 1 is 1.25 bits per heavy atom. The number of aromatic nitrogens is 3. The van der Waals surface area contributed by atoms with E-state index >= 15 is 0 Å². The third kappa shape index (κ3) is 3.64. The summed E-state index contributed by atoms with van der Waals surface area (Å²) in [6.45, 7) is 4.37. The average molecular weight is 382 g/mol. The average Bonchev–Trinajstić information content (AvgIpc) is 3.13. The van der Waals surface area contributed by atoms with E-state index in [4.69, 9.17) is 0 Å². The topological polar surface area (TPSA) is 92.2 Å². The van der Waals surface area contributed by atoms with Gasteiger partial charge in [-0.3, -0.25) is 9.59 Å². The normalized spacial score (nSPS) is 17.2. The molecule has 0 spiro atoms. The van der Waals surface area contributed by atoms with Crippen molar-refractivity contribution < 1.29 is 9.59 Å². The van der Waals surface area contributed by atoms with Crippen LogP contribution in [-0.2, 0) is 11.2 Å². The molecule has 8 nitrogen and oxygen atoms in total. The number of nitrogens with one attached hydrogen (secondary N) is 2. The molecule has 4 rings (SSSR count). The Balaban J connectivity index is 1.40. The highest BCUT2D eigenvalue weighted by Gasteiger charge is 2.25. The lowest BCUT2D eigenvalue weighted by Crippen LogP contribution is -2.42. The lowest BCUT2D eigenvalue weighted by molar-refractivity contribution is -0.117. The van der Waals surface area contributed by atoms with Crippen LogP contribution in [0.5, 0.6) is 0 Å². The number of piperidine rings is 1. The van der Waals surface area contributed by atoms with Crippen LogP contribution in [0, 0.1) is 6.92 Å². The van der Waals surface area contributed by atoms with E-state index in [1.54, 1.807) is 4.90 Å². The van der Waals surface area contributed by atoms with Crippen molar-refractivity contribution in [1.82, 2.24) is 25.6 Å². The maximum atomic E-state index is 12.7. The highest BCUT2D eigenvalue weighted by molar-refractivity contribution is 6.00. The molecule has 1 fully saturated rings. The molecule has 2 N–H and O–H groups in total. The van der Waals surface area contributed by atoms with Gasteiger partial charge in [0.1, 0.15) is 0 Å². The van der Waals surface area contributed by atoms with Crippen LogP contribution < -0.4 is 15.5 Å². The van der Waals surface area contributed by atoms with Crippen LogP contribution >= 0.6 is 0 Å². The number of aryl methyl sites for hydroxylation is 1. The summed E-state index contributed by atoms with van der Waals surface area (Å²) in [6.07, 6.45) is 3.85. The maximum absolute atomic E-state index is 12.7. The summed E-state index contributed by atoms with van der Waals surface area (Å²) < 4.78 is 1.85. The smallest absolute Gasteiger partial charge is 0.274 e. The second-order valence-corrected chi connectivity index (χ2v) is 7.41. The fourth-order valence-corrected chi connectivity index (χ4v) is 4.08. The fourth-order valence-electron chi connectivity index (χ4n) is 4.08. The van der Waals surface area contributed by atoms with Gasteiger partial charge in [0.05, 0.1) is 18.3 Å². The van der Waals surface area contributed by atoms with Crippen molar-refractivity contribution in [2.24, 2.45) is 0 Å². The summed E-state index contributed by atoms with van der Waals surface area (Å²) in [5.74, 6) is -0.458. The number of para-hydroxylation sites is 1. The first-order valence-corrected chi connectivity index (χ1v) is 9.94. The molecule has 0 bridgehead atoms. The highest BCUT2D eigenvalue weighted by Crippen LogP contribution is 2.26. The number of hydrogen-bond donors (Lipinski definition) is 2. The highest BCUT2D eigenvalue weighted by atomic mass is 16.2. The zero-order valence-electron chi connectivity index (χ0n) is 16.1. The molecule has 0 unspecified atom stereocenters. The predicted octanol–water partition coefficient (Wildman–Crippen LogP) is 1.22. The number of anilines is 1. The van der Waals surface area contributed by atoms with Crippen LogP contribution in [0.1, 0.15) is 47.1 Å². The van der Waals surface area contributed by atoms with E-state index in [-0.39, 0.29) is 24.4 Å². The minimum atomic E-state index is -0.351. The van der Waals surface area contributed by atoms with Crippen molar-refractivity contribution in [3.05, 3.63) is 41.2 Å². The van der Waals surface area contributed by atoms with Crippen LogP contribution in [0.25, 0.3) is 0 Å². The molecule has 0 atom stereocenters. The first-order chi connectivity index (χ1) is 13.6. The van der Waals surface area contributed by atoms with E-state index in [1.807, 2.05) is 29.8 Å². The summed E-state index contributed by atoms with van der Waals surface area (Å²) >= 11 is 0. The number of fused-ring (bicyclic) bond motifs is 1. The molecule has 3 heterocycles. The third-order valence-corrected chi connectivity index (χ3v) is 5.61. The molecule has 0 saturated carbocycles. The van der Waals surface area contributed by atoms with Crippen LogP contribution in [-0.4, -0.2) is 53.0 Å². The quantitative estimate of drug-likeness (QED) is 0.830. The minimum absolute atomic E-state index is 0.0488. The molecular weight excluding hydrogens is 356 g/mol. The molecule has 0 radical (unpaired) electrons. The van der Waals surface area contributed by atoms with Crippen LogP contribution in [0.4, 0.5) is 5.69 Å². The monoisotopic (exact) mass is 382 g/mol. The van der Waals surface area contributed by atoms with Gasteiger partial charge in [0.25, 0.3) is 5.91 Å². The third-order valence-electron chi connectivity index (χ3n) is 5.61. The van der Waals surface area contributed by atoms with Crippen LogP contribution in [0.15, 0.2) is 24.3 Å². The van der Waals surface area contributed by atoms with Gasteiger partial charge >= 0.3 is 0 Å². The van der Waals surface area contributed by atoms with Crippen LogP contribution in [0.3, 0.4) is 0 Å². The zero-order chi connectivity index (χ0) is 19.5. The largest absolute Gasteiger partial charge is 0.341 e. The lowest BCUT2D eigenvalue weighted by atomic mass is 10.0. The van der Waals surface area contributed by atoms with Gasteiger partial charge in [0, 0.05) is 12.2 Å². The Hall–Kier alpha value is -2.74. The molecule has 1 saturated heterocycles. The van der Waals surface area contributed by atoms with Crippen molar-refractivity contribution >= 4 is 17.5 Å². The number of hydrogen-bond acceptors (Lipinski definition) is 5. The number of amides is 2. The number of nitrogens with zero attached hydrogens (tertiary/aromatic N) is 4. The van der Waals surface area contributed by atoms with Gasteiger partial charge in [-0.2, -0.15) is 0 Å². The Morgan fingerprint density at radius 3 is 2.86 bits per heavy atom. The van der Waals surface area contributed by atoms with E-state index < -0.39 is 0 Å². The van der Waals surface area contributed by atoms with E-state index in [9.17, 15) is 9.59 Å². The van der Waals surface area contributed by atoms with Crippen molar-refractivity contribution in [2.75, 3.05) is 31.1 Å². The molecule has 1 aromatic heterocycles. The van der Waals surface area contributed by atoms with Gasteiger partial charge in [-0.1, -0.05) is 23.4 Å². The van der Waals surface area contributed by atoms with Crippen molar-refractivity contribution in [3.8, 4) is 0 Å². The molecule has 2 aliphatic heterocycles. The summed E-state index contributed by atoms with van der Waals surface area (Å²) in [7, 11) is 0. The first-order valence-electron chi connectivity index (χ1n) is 9.94. The molecule has 8 heteroatoms. The SMILES string of the molecule is Cc1c(C(=O)NCC(=O)N2CCCc3ccccc32)nnn1C1CCNCC1. The number of carbonyl (C=O) groups excluding carboxylic acids is 2. The Kier molecular flexibility index (Phi) is 5.38. The second-order valence-electron chi connectivity index (χ2n) is 7.41. The standard InChI is InChI=1S/C20H26N6O2/c1-14-19(23-24-26(14)16-8-10-21-11-9-16)20(28)22-13-18(27)25-12-4-6-15-5-2-3-7-17(15)25/h2-3,5,7,16,21H,4,6,8-13H2,1H3,(H,22,28). The maximum Gasteiger partial charge on any atom is 0.274 e. The fraction of sp³-hybridized carbons (Fsp3) is 0.500. The number of rotatable bonds is 4. The van der Waals surface area contributed by atoms with Gasteiger partial charge in [-0.15, -0.1) is 5.10 Å². The van der Waals surface area contributed by atoms with E-state index in [1.165, 1.54) is 5.56 Å². The summed E-state index contributed by atoms with van der Waals surface area (Å²) in [4.78, 5) is 27.0. The van der Waals surface area contributed by atoms with Gasteiger partial charge < -0.3 is 15.5 Å². The summed E-state index contributed by atoms with van der Waals surface area (Å²) in [6, 6.07) is 8.20. The predicted molar refractivity (Wildman–Crippen MR) is 105 cm³/mol. The Bertz CT molecular complexity index is 871. The van der Waals surface area contributed by atoms with Gasteiger partial charge in [-0.05, 0) is 57.3 Å². The summed E-state index contributed by atoms with van der Waals surface area (Å²) in [5.41, 5.74) is 3.17. The number of carbonyl (C=O) groups is 2. The Morgan fingerprint density at radius 2 is 2.04 bits per heavy atom. The summed E-state index contributed by atoms with van der Waals surface area (Å²) in [5, 5.41) is 14.3. The lowest BCUT2D eigenvalue weighted by Gasteiger charge is -2.29. The molecule has 2 aromatic rings. The first kappa shape index (κ1) is 18.6. The van der Waals surface area contributed by atoms with E-state index in [0.29, 0.717) is 12.2 Å². The van der Waals surface area contributed by atoms with Gasteiger partial charge in [0.2, 0.25) is 5.91 Å². The van der Waals surface area contributed by atoms with Gasteiger partial charge in [0.15, 0.2) is 5.69 Å². The minimum Gasteiger partial charge on any atom is -0.341 e. The molecule has 0 aliphatic carbocycles. The van der Waals surface area contributed by atoms with Crippen molar-refractivity contribution in [2.45, 2.75) is 38.6 Å². The number of benzene rings is 1. The van der Waals surface area contributed by atoms with E-state index in [2.05, 4.69) is 27.0 Å². The second kappa shape index (κ2) is 8.10. The molecule has 2 aliphatic rings. The van der Waals surface area contributed by atoms with Gasteiger partial charge in [-0.25, -0.2) is 4.68 Å².